The predicted octanol–water partition coefficient (Wildman–Crippen LogP) is 0.0457. The van der Waals surface area contributed by atoms with Gasteiger partial charge in [-0.25, -0.2) is 0 Å². The fourth-order valence-corrected chi connectivity index (χ4v) is 1.31. The summed E-state index contributed by atoms with van der Waals surface area (Å²) in [6, 6.07) is 7.42. The third-order valence-corrected chi connectivity index (χ3v) is 1.95. The van der Waals surface area contributed by atoms with E-state index in [1.807, 2.05) is 24.3 Å². The second kappa shape index (κ2) is 6.45. The smallest absolute Gasteiger partial charge is 0.492 e. The van der Waals surface area contributed by atoms with Crippen LogP contribution in [0.5, 0.6) is 5.75 Å². The van der Waals surface area contributed by atoms with Gasteiger partial charge in [-0.2, -0.15) is 0 Å². The van der Waals surface area contributed by atoms with Gasteiger partial charge in [-0.05, 0) is 6.07 Å². The Hall–Kier alpha value is -1.04. The molecule has 0 saturated heterocycles. The Balaban J connectivity index is 2.84. The summed E-state index contributed by atoms with van der Waals surface area (Å²) in [4.78, 5) is 0. The monoisotopic (exact) mass is 210 g/mol. The summed E-state index contributed by atoms with van der Waals surface area (Å²) in [5.41, 5.74) is 0.816. The molecule has 1 N–H and O–H groups in total. The molecule has 0 atom stereocenters. The molecule has 0 bridgehead atoms. The molecule has 0 amide bonds. The normalized spacial score (nSPS) is 10.1. The van der Waals surface area contributed by atoms with E-state index in [9.17, 15) is 0 Å². The Morgan fingerprint density at radius 2 is 1.87 bits per heavy atom. The third-order valence-electron chi connectivity index (χ3n) is 1.95. The first kappa shape index (κ1) is 12.0. The average Bonchev–Trinajstić information content (AvgIpc) is 2.29. The first-order valence-corrected chi connectivity index (χ1v) is 4.71. The highest BCUT2D eigenvalue weighted by molar-refractivity contribution is 6.62. The van der Waals surface area contributed by atoms with E-state index in [-0.39, 0.29) is 13.2 Å². The van der Waals surface area contributed by atoms with E-state index < -0.39 is 7.12 Å². The molecule has 1 aromatic rings. The minimum Gasteiger partial charge on any atom is -0.492 e. The first-order chi connectivity index (χ1) is 7.33. The minimum atomic E-state index is -0.445. The third kappa shape index (κ3) is 3.23. The zero-order chi connectivity index (χ0) is 11.1. The highest BCUT2D eigenvalue weighted by Gasteiger charge is 2.21. The molecule has 0 unspecified atom stereocenters. The topological polar surface area (TPSA) is 47.9 Å². The zero-order valence-corrected chi connectivity index (χ0v) is 8.97. The Morgan fingerprint density at radius 1 is 1.20 bits per heavy atom. The number of para-hydroxylation sites is 1. The molecular weight excluding hydrogens is 195 g/mol. The molecule has 1 rings (SSSR count). The number of aliphatic hydroxyl groups is 1. The van der Waals surface area contributed by atoms with Crippen molar-refractivity contribution < 1.29 is 19.2 Å². The standard InChI is InChI=1S/C10H15BO4/c1-13-11(14-2)9-5-3-4-6-10(9)15-8-7-12/h3-6,12H,7-8H2,1-2H3. The summed E-state index contributed by atoms with van der Waals surface area (Å²) in [6.45, 7) is 0.246. The van der Waals surface area contributed by atoms with E-state index in [2.05, 4.69) is 0 Å². The van der Waals surface area contributed by atoms with Crippen molar-refractivity contribution in [3.8, 4) is 5.75 Å². The van der Waals surface area contributed by atoms with Crippen LogP contribution in [0.15, 0.2) is 24.3 Å². The van der Waals surface area contributed by atoms with Crippen molar-refractivity contribution in [1.29, 1.82) is 0 Å². The Kier molecular flexibility index (Phi) is 5.17. The summed E-state index contributed by atoms with van der Waals surface area (Å²) in [5, 5.41) is 8.68. The molecule has 0 aliphatic carbocycles. The van der Waals surface area contributed by atoms with Crippen molar-refractivity contribution in [3.63, 3.8) is 0 Å². The summed E-state index contributed by atoms with van der Waals surface area (Å²) in [5.74, 6) is 0.667. The van der Waals surface area contributed by atoms with Gasteiger partial charge in [-0.1, -0.05) is 18.2 Å². The van der Waals surface area contributed by atoms with Crippen molar-refractivity contribution in [3.05, 3.63) is 24.3 Å². The SMILES string of the molecule is COB(OC)c1ccccc1OCCO. The number of aliphatic hydroxyl groups excluding tert-OH is 1. The van der Waals surface area contributed by atoms with Gasteiger partial charge in [0.25, 0.3) is 0 Å². The molecule has 1 aromatic carbocycles. The zero-order valence-electron chi connectivity index (χ0n) is 8.97. The maximum atomic E-state index is 8.68. The lowest BCUT2D eigenvalue weighted by molar-refractivity contribution is 0.201. The van der Waals surface area contributed by atoms with E-state index in [1.54, 1.807) is 14.2 Å². The van der Waals surface area contributed by atoms with E-state index in [0.29, 0.717) is 5.75 Å². The number of rotatable bonds is 6. The van der Waals surface area contributed by atoms with Gasteiger partial charge in [0.05, 0.1) is 6.61 Å². The van der Waals surface area contributed by atoms with Gasteiger partial charge in [0.15, 0.2) is 0 Å². The molecular formula is C10H15BO4. The molecule has 82 valence electrons. The summed E-state index contributed by atoms with van der Waals surface area (Å²) in [6.07, 6.45) is 0. The number of benzene rings is 1. The average molecular weight is 210 g/mol. The second-order valence-corrected chi connectivity index (χ2v) is 2.91. The van der Waals surface area contributed by atoms with Crippen molar-refractivity contribution in [2.45, 2.75) is 0 Å². The highest BCUT2D eigenvalue weighted by Crippen LogP contribution is 2.08. The van der Waals surface area contributed by atoms with Crippen LogP contribution in [0.25, 0.3) is 0 Å². The molecule has 0 aromatic heterocycles. The number of hydrogen-bond acceptors (Lipinski definition) is 4. The fourth-order valence-electron chi connectivity index (χ4n) is 1.31. The van der Waals surface area contributed by atoms with Crippen LogP contribution in [-0.2, 0) is 9.31 Å². The van der Waals surface area contributed by atoms with Crippen LogP contribution in [-0.4, -0.2) is 39.7 Å². The van der Waals surface area contributed by atoms with E-state index in [0.717, 1.165) is 5.46 Å². The van der Waals surface area contributed by atoms with Crippen LogP contribution in [0.2, 0.25) is 0 Å². The quantitative estimate of drug-likeness (QED) is 0.673. The molecule has 0 spiro atoms. The van der Waals surface area contributed by atoms with Gasteiger partial charge in [-0.3, -0.25) is 0 Å². The van der Waals surface area contributed by atoms with Crippen LogP contribution in [0.3, 0.4) is 0 Å². The highest BCUT2D eigenvalue weighted by atomic mass is 16.6. The van der Waals surface area contributed by atoms with Gasteiger partial charge in [-0.15, -0.1) is 0 Å². The Bertz CT molecular complexity index is 289. The predicted molar refractivity (Wildman–Crippen MR) is 58.4 cm³/mol. The van der Waals surface area contributed by atoms with Crippen molar-refractivity contribution in [2.75, 3.05) is 27.4 Å². The minimum absolute atomic E-state index is 0.0149. The van der Waals surface area contributed by atoms with Crippen LogP contribution < -0.4 is 10.2 Å². The molecule has 15 heavy (non-hydrogen) atoms. The molecule has 0 heterocycles. The van der Waals surface area contributed by atoms with Gasteiger partial charge in [0, 0.05) is 19.7 Å². The fraction of sp³-hybridized carbons (Fsp3) is 0.400. The Morgan fingerprint density at radius 3 is 2.47 bits per heavy atom. The van der Waals surface area contributed by atoms with Gasteiger partial charge in [0.1, 0.15) is 12.4 Å². The Labute approximate surface area is 89.9 Å². The van der Waals surface area contributed by atoms with Crippen LogP contribution >= 0.6 is 0 Å². The maximum absolute atomic E-state index is 8.68. The lowest BCUT2D eigenvalue weighted by atomic mass is 9.78. The summed E-state index contributed by atoms with van der Waals surface area (Å²) < 4.78 is 15.6. The summed E-state index contributed by atoms with van der Waals surface area (Å²) >= 11 is 0. The van der Waals surface area contributed by atoms with Gasteiger partial charge >= 0.3 is 7.12 Å². The first-order valence-electron chi connectivity index (χ1n) is 4.71. The molecule has 0 saturated carbocycles. The molecule has 5 heteroatoms. The van der Waals surface area contributed by atoms with Gasteiger partial charge < -0.3 is 19.2 Å². The van der Waals surface area contributed by atoms with E-state index in [4.69, 9.17) is 19.2 Å². The van der Waals surface area contributed by atoms with Crippen molar-refractivity contribution in [2.24, 2.45) is 0 Å². The van der Waals surface area contributed by atoms with Crippen LogP contribution in [0.1, 0.15) is 0 Å². The molecule has 0 aliphatic heterocycles. The maximum Gasteiger partial charge on any atom is 0.497 e. The van der Waals surface area contributed by atoms with Crippen molar-refractivity contribution in [1.82, 2.24) is 0 Å². The lowest BCUT2D eigenvalue weighted by Gasteiger charge is -2.13. The van der Waals surface area contributed by atoms with Crippen LogP contribution in [0, 0.1) is 0 Å². The van der Waals surface area contributed by atoms with E-state index in [1.165, 1.54) is 0 Å². The van der Waals surface area contributed by atoms with E-state index >= 15 is 0 Å². The lowest BCUT2D eigenvalue weighted by Crippen LogP contribution is -2.36. The molecule has 4 nitrogen and oxygen atoms in total. The molecule has 0 aliphatic rings. The molecule has 0 radical (unpaired) electrons. The largest absolute Gasteiger partial charge is 0.497 e. The summed E-state index contributed by atoms with van der Waals surface area (Å²) in [7, 11) is 2.69. The number of ether oxygens (including phenoxy) is 1. The second-order valence-electron chi connectivity index (χ2n) is 2.91. The van der Waals surface area contributed by atoms with Crippen LogP contribution in [0.4, 0.5) is 0 Å². The van der Waals surface area contributed by atoms with Crippen molar-refractivity contribution >= 4 is 12.6 Å². The molecule has 0 fully saturated rings. The number of hydrogen-bond donors (Lipinski definition) is 1. The van der Waals surface area contributed by atoms with Gasteiger partial charge in [0.2, 0.25) is 0 Å².